The zero-order valence-electron chi connectivity index (χ0n) is 18.9. The summed E-state index contributed by atoms with van der Waals surface area (Å²) in [6.45, 7) is 4.07. The standard InChI is InChI=1S/C25H29FN4O3/c1-13-3-10-18(33-11-15-4-5-15)20(21(13)26)23-24-22(27-12-28-23)19(14(2)29-24)25(32)30-16-6-8-17(31)9-7-16/h3,10,12,15-17,29,31H,4-9,11H2,1-2H3,(H,30,32)/t16-,17-. The smallest absolute Gasteiger partial charge is 0.255 e. The highest BCUT2D eigenvalue weighted by atomic mass is 19.1. The van der Waals surface area contributed by atoms with E-state index >= 15 is 4.39 Å². The van der Waals surface area contributed by atoms with E-state index in [1.165, 1.54) is 6.33 Å². The zero-order chi connectivity index (χ0) is 23.1. The van der Waals surface area contributed by atoms with Crippen LogP contribution in [0.2, 0.25) is 0 Å². The van der Waals surface area contributed by atoms with Gasteiger partial charge in [0.25, 0.3) is 5.91 Å². The van der Waals surface area contributed by atoms with Crippen LogP contribution in [0.5, 0.6) is 5.75 Å². The molecule has 1 aromatic carbocycles. The van der Waals surface area contributed by atoms with Crippen molar-refractivity contribution in [3.63, 3.8) is 0 Å². The molecule has 2 fully saturated rings. The van der Waals surface area contributed by atoms with Crippen molar-refractivity contribution in [3.8, 4) is 17.0 Å². The van der Waals surface area contributed by atoms with Gasteiger partial charge >= 0.3 is 0 Å². The average Bonchev–Trinajstić information content (AvgIpc) is 3.56. The van der Waals surface area contributed by atoms with E-state index in [1.54, 1.807) is 19.1 Å². The molecule has 0 bridgehead atoms. The topological polar surface area (TPSA) is 100 Å². The summed E-state index contributed by atoms with van der Waals surface area (Å²) < 4.78 is 21.3. The highest BCUT2D eigenvalue weighted by Crippen LogP contribution is 2.39. The third kappa shape index (κ3) is 4.31. The van der Waals surface area contributed by atoms with Gasteiger partial charge in [-0.2, -0.15) is 0 Å². The first kappa shape index (κ1) is 21.8. The average molecular weight is 453 g/mol. The van der Waals surface area contributed by atoms with Crippen LogP contribution in [0.15, 0.2) is 18.5 Å². The van der Waals surface area contributed by atoms with E-state index in [9.17, 15) is 9.90 Å². The minimum Gasteiger partial charge on any atom is -0.492 e. The summed E-state index contributed by atoms with van der Waals surface area (Å²) in [6.07, 6.45) is 6.19. The maximum absolute atomic E-state index is 15.4. The van der Waals surface area contributed by atoms with Crippen molar-refractivity contribution in [2.75, 3.05) is 6.61 Å². The molecule has 8 heteroatoms. The molecule has 0 unspecified atom stereocenters. The van der Waals surface area contributed by atoms with Crippen LogP contribution in [0.25, 0.3) is 22.3 Å². The van der Waals surface area contributed by atoms with Gasteiger partial charge in [0.2, 0.25) is 0 Å². The van der Waals surface area contributed by atoms with Crippen molar-refractivity contribution in [2.45, 2.75) is 64.5 Å². The van der Waals surface area contributed by atoms with Crippen LogP contribution in [0.4, 0.5) is 4.39 Å². The van der Waals surface area contributed by atoms with Crippen LogP contribution in [0.3, 0.4) is 0 Å². The Kier molecular flexibility index (Phi) is 5.78. The lowest BCUT2D eigenvalue weighted by atomic mass is 9.93. The largest absolute Gasteiger partial charge is 0.492 e. The molecule has 2 aliphatic rings. The van der Waals surface area contributed by atoms with Crippen molar-refractivity contribution in [2.24, 2.45) is 5.92 Å². The Labute approximate surface area is 191 Å². The van der Waals surface area contributed by atoms with Crippen LogP contribution >= 0.6 is 0 Å². The number of aromatic amines is 1. The van der Waals surface area contributed by atoms with Gasteiger partial charge in [-0.25, -0.2) is 14.4 Å². The van der Waals surface area contributed by atoms with Crippen molar-refractivity contribution in [1.29, 1.82) is 0 Å². The predicted octanol–water partition coefficient (Wildman–Crippen LogP) is 4.20. The van der Waals surface area contributed by atoms with Crippen LogP contribution < -0.4 is 10.1 Å². The molecule has 0 atom stereocenters. The van der Waals surface area contributed by atoms with E-state index in [2.05, 4.69) is 20.3 Å². The van der Waals surface area contributed by atoms with Crippen LogP contribution in [-0.2, 0) is 0 Å². The Hall–Kier alpha value is -3.00. The molecule has 0 saturated heterocycles. The van der Waals surface area contributed by atoms with E-state index in [0.29, 0.717) is 64.7 Å². The first-order valence-electron chi connectivity index (χ1n) is 11.7. The van der Waals surface area contributed by atoms with Gasteiger partial charge in [0.1, 0.15) is 29.1 Å². The summed E-state index contributed by atoms with van der Waals surface area (Å²) >= 11 is 0. The van der Waals surface area contributed by atoms with Gasteiger partial charge in [0, 0.05) is 11.7 Å². The number of carbonyl (C=O) groups is 1. The van der Waals surface area contributed by atoms with Gasteiger partial charge < -0.3 is 20.1 Å². The van der Waals surface area contributed by atoms with Gasteiger partial charge in [-0.05, 0) is 69.9 Å². The fourth-order valence-electron chi connectivity index (χ4n) is 4.56. The quantitative estimate of drug-likeness (QED) is 0.520. The van der Waals surface area contributed by atoms with Gasteiger partial charge in [-0.15, -0.1) is 0 Å². The Morgan fingerprint density at radius 3 is 2.67 bits per heavy atom. The molecule has 2 aromatic heterocycles. The first-order chi connectivity index (χ1) is 15.9. The number of halogens is 1. The van der Waals surface area contributed by atoms with E-state index in [4.69, 9.17) is 4.74 Å². The van der Waals surface area contributed by atoms with E-state index in [0.717, 1.165) is 25.7 Å². The minimum atomic E-state index is -0.387. The second-order valence-corrected chi connectivity index (χ2v) is 9.37. The zero-order valence-corrected chi connectivity index (χ0v) is 18.9. The summed E-state index contributed by atoms with van der Waals surface area (Å²) in [5, 5.41) is 12.8. The number of benzene rings is 1. The number of aliphatic hydroxyl groups excluding tert-OH is 1. The number of rotatable bonds is 6. The molecule has 0 spiro atoms. The summed E-state index contributed by atoms with van der Waals surface area (Å²) in [5.74, 6) is 0.364. The van der Waals surface area contributed by atoms with Gasteiger partial charge in [-0.1, -0.05) is 6.07 Å². The fourth-order valence-corrected chi connectivity index (χ4v) is 4.56. The SMILES string of the molecule is Cc1ccc(OCC2CC2)c(-c2ncnc3c(C(=O)N[C@H]4CC[C@H](O)CC4)c(C)[nH]c23)c1F. The first-order valence-corrected chi connectivity index (χ1v) is 11.7. The molecule has 0 aliphatic heterocycles. The van der Waals surface area contributed by atoms with Crippen LogP contribution in [-0.4, -0.2) is 44.7 Å². The molecular weight excluding hydrogens is 423 g/mol. The van der Waals surface area contributed by atoms with Crippen molar-refractivity contribution in [3.05, 3.63) is 41.1 Å². The van der Waals surface area contributed by atoms with Crippen molar-refractivity contribution >= 4 is 16.9 Å². The number of aromatic nitrogens is 3. The van der Waals surface area contributed by atoms with Gasteiger partial charge in [0.05, 0.1) is 29.4 Å². The number of carbonyl (C=O) groups excluding carboxylic acids is 1. The number of hydrogen-bond donors (Lipinski definition) is 3. The van der Waals surface area contributed by atoms with E-state index in [-0.39, 0.29) is 29.4 Å². The lowest BCUT2D eigenvalue weighted by Crippen LogP contribution is -2.38. The Morgan fingerprint density at radius 2 is 1.94 bits per heavy atom. The molecular formula is C25H29FN4O3. The molecule has 174 valence electrons. The molecule has 2 aliphatic carbocycles. The summed E-state index contributed by atoms with van der Waals surface area (Å²) in [4.78, 5) is 25.2. The lowest BCUT2D eigenvalue weighted by molar-refractivity contribution is 0.0868. The van der Waals surface area contributed by atoms with Crippen molar-refractivity contribution < 1.29 is 19.0 Å². The van der Waals surface area contributed by atoms with Crippen LogP contribution in [0.1, 0.15) is 60.1 Å². The Bertz CT molecular complexity index is 1200. The maximum Gasteiger partial charge on any atom is 0.255 e. The summed E-state index contributed by atoms with van der Waals surface area (Å²) in [6, 6.07) is 3.51. The van der Waals surface area contributed by atoms with Gasteiger partial charge in [-0.3, -0.25) is 4.79 Å². The summed E-state index contributed by atoms with van der Waals surface area (Å²) in [7, 11) is 0. The van der Waals surface area contributed by atoms with E-state index in [1.807, 2.05) is 6.92 Å². The molecule has 2 saturated carbocycles. The second-order valence-electron chi connectivity index (χ2n) is 9.37. The molecule has 33 heavy (non-hydrogen) atoms. The number of nitrogens with one attached hydrogen (secondary N) is 2. The number of hydrogen-bond acceptors (Lipinski definition) is 5. The lowest BCUT2D eigenvalue weighted by Gasteiger charge is -2.26. The highest BCUT2D eigenvalue weighted by molar-refractivity contribution is 6.09. The number of H-pyrrole nitrogens is 1. The summed E-state index contributed by atoms with van der Waals surface area (Å²) in [5.41, 5.74) is 3.23. The van der Waals surface area contributed by atoms with Crippen molar-refractivity contribution in [1.82, 2.24) is 20.3 Å². The van der Waals surface area contributed by atoms with Crippen LogP contribution in [0, 0.1) is 25.6 Å². The third-order valence-electron chi connectivity index (χ3n) is 6.74. The minimum absolute atomic E-state index is 0.0169. The number of aryl methyl sites for hydroxylation is 2. The predicted molar refractivity (Wildman–Crippen MR) is 123 cm³/mol. The molecule has 3 N–H and O–H groups in total. The molecule has 5 rings (SSSR count). The third-order valence-corrected chi connectivity index (χ3v) is 6.74. The number of fused-ring (bicyclic) bond motifs is 1. The normalized spacial score (nSPS) is 20.7. The highest BCUT2D eigenvalue weighted by Gasteiger charge is 2.28. The second kappa shape index (κ2) is 8.74. The number of amides is 1. The van der Waals surface area contributed by atoms with Gasteiger partial charge in [0.15, 0.2) is 0 Å². The molecule has 7 nitrogen and oxygen atoms in total. The number of nitrogens with zero attached hydrogens (tertiary/aromatic N) is 2. The number of aliphatic hydroxyl groups is 1. The fraction of sp³-hybridized carbons (Fsp3) is 0.480. The number of ether oxygens (including phenoxy) is 1. The maximum atomic E-state index is 15.4. The molecule has 3 aromatic rings. The monoisotopic (exact) mass is 452 g/mol. The Morgan fingerprint density at radius 1 is 1.18 bits per heavy atom. The molecule has 2 heterocycles. The molecule has 0 radical (unpaired) electrons. The molecule has 1 amide bonds. The Balaban J connectivity index is 1.52. The van der Waals surface area contributed by atoms with E-state index < -0.39 is 0 Å².